The quantitative estimate of drug-likeness (QED) is 0.848. The summed E-state index contributed by atoms with van der Waals surface area (Å²) in [5.74, 6) is 1.25. The molecule has 1 saturated heterocycles. The summed E-state index contributed by atoms with van der Waals surface area (Å²) in [6.07, 6.45) is 0.278. The monoisotopic (exact) mass is 389 g/mol. The van der Waals surface area contributed by atoms with Gasteiger partial charge in [0.15, 0.2) is 6.10 Å². The fraction of sp³-hybridized carbons (Fsp3) is 0.381. The average Bonchev–Trinajstić information content (AvgIpc) is 2.69. The van der Waals surface area contributed by atoms with Crippen molar-refractivity contribution >= 4 is 17.5 Å². The molecule has 1 amide bonds. The second-order valence-electron chi connectivity index (χ2n) is 6.77. The molecule has 1 atom stereocenters. The molecule has 0 spiro atoms. The summed E-state index contributed by atoms with van der Waals surface area (Å²) in [6.45, 7) is 2.65. The number of carbonyl (C=O) groups is 1. The summed E-state index contributed by atoms with van der Waals surface area (Å²) < 4.78 is 10.9. The first-order valence-corrected chi connectivity index (χ1v) is 9.37. The van der Waals surface area contributed by atoms with Gasteiger partial charge in [-0.15, -0.1) is 0 Å². The summed E-state index contributed by atoms with van der Waals surface area (Å²) in [7, 11) is 1.60. The second kappa shape index (κ2) is 8.19. The number of methoxy groups -OCH3 is 1. The van der Waals surface area contributed by atoms with Crippen molar-refractivity contribution < 1.29 is 19.4 Å². The van der Waals surface area contributed by atoms with Gasteiger partial charge in [0, 0.05) is 23.7 Å². The first kappa shape index (κ1) is 19.5. The Hall–Kier alpha value is -2.24. The minimum absolute atomic E-state index is 0.0907. The number of amides is 1. The third-order valence-electron chi connectivity index (χ3n) is 5.00. The number of carbonyl (C=O) groups excluding carboxylic acids is 1. The molecule has 5 nitrogen and oxygen atoms in total. The van der Waals surface area contributed by atoms with E-state index in [0.717, 1.165) is 11.3 Å². The molecule has 1 aliphatic rings. The molecule has 0 aliphatic carbocycles. The smallest absolute Gasteiger partial charge is 0.263 e. The second-order valence-corrected chi connectivity index (χ2v) is 7.18. The molecule has 3 rings (SSSR count). The summed E-state index contributed by atoms with van der Waals surface area (Å²) in [4.78, 5) is 14.4. The van der Waals surface area contributed by atoms with Crippen molar-refractivity contribution in [1.82, 2.24) is 4.90 Å². The predicted octanol–water partition coefficient (Wildman–Crippen LogP) is 3.63. The molecule has 2 aromatic rings. The number of benzene rings is 2. The summed E-state index contributed by atoms with van der Waals surface area (Å²) in [5, 5.41) is 11.5. The van der Waals surface area contributed by atoms with Crippen LogP contribution in [0, 0.1) is 0 Å². The molecule has 0 radical (unpaired) electrons. The Bertz CT molecular complexity index is 785. The number of ether oxygens (including phenoxy) is 2. The number of hydrogen-bond donors (Lipinski definition) is 1. The SMILES string of the molecule is COc1ccc(O[C@@H](C)C(=O)N2CCC(O)(c3ccccc3Cl)CC2)cc1. The van der Waals surface area contributed by atoms with E-state index < -0.39 is 11.7 Å². The predicted molar refractivity (Wildman–Crippen MR) is 104 cm³/mol. The van der Waals surface area contributed by atoms with Crippen molar-refractivity contribution in [2.75, 3.05) is 20.2 Å². The number of nitrogens with zero attached hydrogens (tertiary/aromatic N) is 1. The van der Waals surface area contributed by atoms with Crippen molar-refractivity contribution in [3.05, 3.63) is 59.1 Å². The van der Waals surface area contributed by atoms with Crippen LogP contribution in [0.2, 0.25) is 5.02 Å². The number of hydrogen-bond acceptors (Lipinski definition) is 4. The zero-order valence-corrected chi connectivity index (χ0v) is 16.3. The van der Waals surface area contributed by atoms with E-state index in [9.17, 15) is 9.90 Å². The van der Waals surface area contributed by atoms with E-state index in [1.807, 2.05) is 18.2 Å². The van der Waals surface area contributed by atoms with E-state index >= 15 is 0 Å². The van der Waals surface area contributed by atoms with Crippen LogP contribution in [-0.4, -0.2) is 42.2 Å². The van der Waals surface area contributed by atoms with E-state index in [2.05, 4.69) is 0 Å². The maximum Gasteiger partial charge on any atom is 0.263 e. The van der Waals surface area contributed by atoms with Crippen LogP contribution in [0.25, 0.3) is 0 Å². The number of piperidine rings is 1. The number of rotatable bonds is 5. The molecule has 0 bridgehead atoms. The van der Waals surface area contributed by atoms with E-state index in [0.29, 0.717) is 36.7 Å². The lowest BCUT2D eigenvalue weighted by atomic mass is 9.84. The molecule has 0 saturated carbocycles. The van der Waals surface area contributed by atoms with Crippen LogP contribution in [0.5, 0.6) is 11.5 Å². The fourth-order valence-corrected chi connectivity index (χ4v) is 3.68. The van der Waals surface area contributed by atoms with Crippen molar-refractivity contribution in [1.29, 1.82) is 0 Å². The first-order valence-electron chi connectivity index (χ1n) is 9.00. The van der Waals surface area contributed by atoms with Gasteiger partial charge in [0.25, 0.3) is 5.91 Å². The van der Waals surface area contributed by atoms with Crippen molar-refractivity contribution in [3.8, 4) is 11.5 Å². The molecule has 144 valence electrons. The van der Waals surface area contributed by atoms with Crippen LogP contribution in [0.4, 0.5) is 0 Å². The van der Waals surface area contributed by atoms with Crippen molar-refractivity contribution in [2.24, 2.45) is 0 Å². The van der Waals surface area contributed by atoms with Gasteiger partial charge in [-0.1, -0.05) is 29.8 Å². The summed E-state index contributed by atoms with van der Waals surface area (Å²) >= 11 is 6.24. The highest BCUT2D eigenvalue weighted by molar-refractivity contribution is 6.31. The van der Waals surface area contributed by atoms with Crippen molar-refractivity contribution in [2.45, 2.75) is 31.5 Å². The van der Waals surface area contributed by atoms with Gasteiger partial charge < -0.3 is 19.5 Å². The number of halogens is 1. The van der Waals surface area contributed by atoms with E-state index in [1.165, 1.54) is 0 Å². The Kier molecular flexibility index (Phi) is 5.92. The molecule has 1 fully saturated rings. The Balaban J connectivity index is 1.59. The van der Waals surface area contributed by atoms with Gasteiger partial charge in [0.05, 0.1) is 12.7 Å². The number of aliphatic hydroxyl groups is 1. The highest BCUT2D eigenvalue weighted by atomic mass is 35.5. The van der Waals surface area contributed by atoms with Gasteiger partial charge in [-0.25, -0.2) is 0 Å². The zero-order valence-electron chi connectivity index (χ0n) is 15.5. The molecule has 1 aliphatic heterocycles. The minimum atomic E-state index is -1.00. The fourth-order valence-electron chi connectivity index (χ4n) is 3.37. The van der Waals surface area contributed by atoms with E-state index in [-0.39, 0.29) is 5.91 Å². The minimum Gasteiger partial charge on any atom is -0.497 e. The Morgan fingerprint density at radius 3 is 2.30 bits per heavy atom. The molecule has 0 unspecified atom stereocenters. The van der Waals surface area contributed by atoms with Crippen LogP contribution in [-0.2, 0) is 10.4 Å². The highest BCUT2D eigenvalue weighted by Crippen LogP contribution is 2.36. The molecule has 2 aromatic carbocycles. The van der Waals surface area contributed by atoms with Gasteiger partial charge >= 0.3 is 0 Å². The molecular weight excluding hydrogens is 366 g/mol. The van der Waals surface area contributed by atoms with Crippen LogP contribution in [0.15, 0.2) is 48.5 Å². The van der Waals surface area contributed by atoms with Gasteiger partial charge in [-0.05, 0) is 50.1 Å². The standard InChI is InChI=1S/C21H24ClNO4/c1-15(27-17-9-7-16(26-2)8-10-17)20(24)23-13-11-21(25,12-14-23)18-5-3-4-6-19(18)22/h3-10,15,25H,11-14H2,1-2H3/t15-/m0/s1. The van der Waals surface area contributed by atoms with Crippen LogP contribution in [0.1, 0.15) is 25.3 Å². The van der Waals surface area contributed by atoms with Crippen LogP contribution in [0.3, 0.4) is 0 Å². The third kappa shape index (κ3) is 4.37. The maximum atomic E-state index is 12.7. The average molecular weight is 390 g/mol. The van der Waals surface area contributed by atoms with Gasteiger partial charge in [-0.2, -0.15) is 0 Å². The molecule has 27 heavy (non-hydrogen) atoms. The Labute approximate surface area is 164 Å². The molecule has 0 aromatic heterocycles. The largest absolute Gasteiger partial charge is 0.497 e. The van der Waals surface area contributed by atoms with Gasteiger partial charge in [0.1, 0.15) is 11.5 Å². The zero-order chi connectivity index (χ0) is 19.4. The molecule has 6 heteroatoms. The van der Waals surface area contributed by atoms with Gasteiger partial charge in [0.2, 0.25) is 0 Å². The summed E-state index contributed by atoms with van der Waals surface area (Å²) in [6, 6.07) is 14.4. The molecule has 1 heterocycles. The van der Waals surface area contributed by atoms with Crippen LogP contribution < -0.4 is 9.47 Å². The highest BCUT2D eigenvalue weighted by Gasteiger charge is 2.37. The van der Waals surface area contributed by atoms with E-state index in [1.54, 1.807) is 49.3 Å². The van der Waals surface area contributed by atoms with Crippen molar-refractivity contribution in [3.63, 3.8) is 0 Å². The lowest BCUT2D eigenvalue weighted by molar-refractivity contribution is -0.142. The maximum absolute atomic E-state index is 12.7. The topological polar surface area (TPSA) is 59.0 Å². The Morgan fingerprint density at radius 2 is 1.70 bits per heavy atom. The van der Waals surface area contributed by atoms with Crippen LogP contribution >= 0.6 is 11.6 Å². The van der Waals surface area contributed by atoms with Gasteiger partial charge in [-0.3, -0.25) is 4.79 Å². The lowest BCUT2D eigenvalue weighted by Crippen LogP contribution is -2.49. The lowest BCUT2D eigenvalue weighted by Gasteiger charge is -2.39. The number of likely N-dealkylation sites (tertiary alicyclic amines) is 1. The van der Waals surface area contributed by atoms with E-state index in [4.69, 9.17) is 21.1 Å². The Morgan fingerprint density at radius 1 is 1.11 bits per heavy atom. The normalized spacial score (nSPS) is 17.3. The first-order chi connectivity index (χ1) is 12.9. The molecular formula is C21H24ClNO4. The third-order valence-corrected chi connectivity index (χ3v) is 5.33. The molecule has 1 N–H and O–H groups in total. The summed E-state index contributed by atoms with van der Waals surface area (Å²) in [5.41, 5.74) is -0.281.